The van der Waals surface area contributed by atoms with E-state index >= 15 is 0 Å². The first-order valence-corrected chi connectivity index (χ1v) is 9.18. The maximum absolute atomic E-state index is 13.0. The summed E-state index contributed by atoms with van der Waals surface area (Å²) in [6.45, 7) is 0.638. The van der Waals surface area contributed by atoms with Crippen LogP contribution in [0, 0.1) is 5.92 Å². The molecule has 0 radical (unpaired) electrons. The molecule has 142 valence electrons. The molecule has 1 amide bonds. The summed E-state index contributed by atoms with van der Waals surface area (Å²) in [7, 11) is -3.76. The van der Waals surface area contributed by atoms with Gasteiger partial charge in [-0.05, 0) is 12.5 Å². The van der Waals surface area contributed by atoms with E-state index in [1.165, 1.54) is 6.34 Å². The maximum Gasteiger partial charge on any atom is 0.419 e. The molecule has 1 N–H and O–H groups in total. The maximum atomic E-state index is 13.0. The lowest BCUT2D eigenvalue weighted by Crippen LogP contribution is -2.41. The fourth-order valence-electron chi connectivity index (χ4n) is 2.80. The first-order valence-electron chi connectivity index (χ1n) is 7.78. The third kappa shape index (κ3) is 3.65. The van der Waals surface area contributed by atoms with E-state index in [4.69, 9.17) is 0 Å². The lowest BCUT2D eigenvalue weighted by Gasteiger charge is -2.22. The predicted molar refractivity (Wildman–Crippen MR) is 86.5 cm³/mol. The molecule has 2 aliphatic rings. The largest absolute Gasteiger partial charge is 0.419 e. The number of pyridine rings is 1. The quantitative estimate of drug-likeness (QED) is 0.827. The van der Waals surface area contributed by atoms with Crippen molar-refractivity contribution in [3.05, 3.63) is 24.0 Å². The van der Waals surface area contributed by atoms with Gasteiger partial charge in [0.1, 0.15) is 6.34 Å². The summed E-state index contributed by atoms with van der Waals surface area (Å²) >= 11 is 0. The Bertz CT molecular complexity index is 827. The third-order valence-electron chi connectivity index (χ3n) is 4.19. The summed E-state index contributed by atoms with van der Waals surface area (Å²) in [5.41, 5.74) is -1.45. The normalized spacial score (nSPS) is 21.3. The van der Waals surface area contributed by atoms with Crippen molar-refractivity contribution in [2.75, 3.05) is 31.5 Å². The van der Waals surface area contributed by atoms with Crippen molar-refractivity contribution in [2.24, 2.45) is 10.9 Å². The lowest BCUT2D eigenvalue weighted by molar-refractivity contribution is -0.137. The van der Waals surface area contributed by atoms with Crippen LogP contribution in [0.2, 0.25) is 0 Å². The van der Waals surface area contributed by atoms with Gasteiger partial charge in [-0.3, -0.25) is 14.8 Å². The van der Waals surface area contributed by atoms with Crippen molar-refractivity contribution >= 4 is 28.1 Å². The van der Waals surface area contributed by atoms with Crippen molar-refractivity contribution in [1.29, 1.82) is 0 Å². The van der Waals surface area contributed by atoms with Crippen molar-refractivity contribution < 1.29 is 26.4 Å². The molecule has 0 aromatic carbocycles. The van der Waals surface area contributed by atoms with E-state index in [1.807, 2.05) is 0 Å². The first kappa shape index (κ1) is 18.6. The van der Waals surface area contributed by atoms with Gasteiger partial charge in [-0.2, -0.15) is 25.9 Å². The van der Waals surface area contributed by atoms with Gasteiger partial charge in [0.15, 0.2) is 0 Å². The number of nitrogens with zero attached hydrogens (tertiary/aromatic N) is 4. The summed E-state index contributed by atoms with van der Waals surface area (Å²) in [6.07, 6.45) is -1.43. The van der Waals surface area contributed by atoms with Gasteiger partial charge in [0, 0.05) is 25.5 Å². The molecule has 1 unspecified atom stereocenters. The molecule has 12 heteroatoms. The molecule has 0 saturated carbocycles. The minimum absolute atomic E-state index is 0.0923. The molecule has 26 heavy (non-hydrogen) atoms. The van der Waals surface area contributed by atoms with Crippen molar-refractivity contribution in [3.63, 3.8) is 0 Å². The first-order chi connectivity index (χ1) is 12.2. The Morgan fingerprint density at radius 3 is 2.73 bits per heavy atom. The van der Waals surface area contributed by atoms with Gasteiger partial charge in [0.25, 0.3) is 0 Å². The Balaban J connectivity index is 1.69. The summed E-state index contributed by atoms with van der Waals surface area (Å²) in [4.78, 5) is 19.6. The number of aliphatic imine (C=N–C) groups is 1. The molecular weight excluding hydrogens is 375 g/mol. The Morgan fingerprint density at radius 2 is 2.08 bits per heavy atom. The second-order valence-electron chi connectivity index (χ2n) is 5.89. The zero-order valence-electron chi connectivity index (χ0n) is 13.5. The van der Waals surface area contributed by atoms with E-state index < -0.39 is 39.5 Å². The number of anilines is 1. The molecular formula is C14H16F3N5O3S. The number of hydrogen-bond acceptors (Lipinski definition) is 5. The highest BCUT2D eigenvalue weighted by molar-refractivity contribution is 7.87. The number of nitrogens with one attached hydrogen (secondary N) is 1. The van der Waals surface area contributed by atoms with Crippen molar-refractivity contribution in [3.8, 4) is 0 Å². The van der Waals surface area contributed by atoms with E-state index in [2.05, 4.69) is 15.3 Å². The van der Waals surface area contributed by atoms with E-state index in [0.29, 0.717) is 12.7 Å². The summed E-state index contributed by atoms with van der Waals surface area (Å²) in [5, 5.41) is 2.24. The van der Waals surface area contributed by atoms with Gasteiger partial charge >= 0.3 is 16.4 Å². The Labute approximate surface area is 147 Å². The zero-order valence-corrected chi connectivity index (χ0v) is 14.3. The molecule has 8 nitrogen and oxygen atoms in total. The molecule has 3 heterocycles. The van der Waals surface area contributed by atoms with Crippen LogP contribution in [-0.2, 0) is 21.2 Å². The fraction of sp³-hybridized carbons (Fsp3) is 0.500. The molecule has 1 saturated heterocycles. The third-order valence-corrected chi connectivity index (χ3v) is 6.04. The van der Waals surface area contributed by atoms with Crippen LogP contribution in [0.15, 0.2) is 23.5 Å². The number of halogens is 3. The average molecular weight is 391 g/mol. The average Bonchev–Trinajstić information content (AvgIpc) is 3.26. The van der Waals surface area contributed by atoms with Gasteiger partial charge < -0.3 is 5.32 Å². The topological polar surface area (TPSA) is 95.0 Å². The van der Waals surface area contributed by atoms with E-state index in [0.717, 1.165) is 20.9 Å². The number of carbonyl (C=O) groups excluding carboxylic acids is 1. The standard InChI is InChI=1S/C14H16F3N5O3S/c15-14(16,17)11-7-18-3-1-12(11)20-13(23)10-2-5-21(8-10)26(24,25)22-6-4-19-9-22/h1,3,7,9-10H,2,4-6,8H2,(H,18,20,23). The van der Waals surface area contributed by atoms with Crippen LogP contribution in [0.4, 0.5) is 18.9 Å². The SMILES string of the molecule is O=C(Nc1ccncc1C(F)(F)F)C1CCN(S(=O)(=O)N2C=NCC2)C1. The Hall–Kier alpha value is -2.21. The number of aromatic nitrogens is 1. The highest BCUT2D eigenvalue weighted by Gasteiger charge is 2.39. The van der Waals surface area contributed by atoms with Crippen LogP contribution in [0.5, 0.6) is 0 Å². The molecule has 1 fully saturated rings. The summed E-state index contributed by atoms with van der Waals surface area (Å²) in [6, 6.07) is 1.06. The van der Waals surface area contributed by atoms with Gasteiger partial charge in [0.2, 0.25) is 5.91 Å². The number of hydrogen-bond donors (Lipinski definition) is 1. The lowest BCUT2D eigenvalue weighted by atomic mass is 10.1. The molecule has 3 rings (SSSR count). The second-order valence-corrected chi connectivity index (χ2v) is 7.77. The summed E-state index contributed by atoms with van der Waals surface area (Å²) in [5.74, 6) is -1.40. The molecule has 0 bridgehead atoms. The number of carbonyl (C=O) groups is 1. The van der Waals surface area contributed by atoms with Crippen LogP contribution in [0.1, 0.15) is 12.0 Å². The molecule has 0 aliphatic carbocycles. The van der Waals surface area contributed by atoms with Crippen molar-refractivity contribution in [2.45, 2.75) is 12.6 Å². The molecule has 0 spiro atoms. The minimum atomic E-state index is -4.66. The monoisotopic (exact) mass is 391 g/mol. The van der Waals surface area contributed by atoms with E-state index in [9.17, 15) is 26.4 Å². The van der Waals surface area contributed by atoms with Gasteiger partial charge in [0.05, 0.1) is 30.3 Å². The van der Waals surface area contributed by atoms with Gasteiger partial charge in [-0.15, -0.1) is 0 Å². The van der Waals surface area contributed by atoms with Crippen LogP contribution in [0.3, 0.4) is 0 Å². The number of rotatable bonds is 4. The van der Waals surface area contributed by atoms with Crippen LogP contribution < -0.4 is 5.32 Å². The van der Waals surface area contributed by atoms with E-state index in [-0.39, 0.29) is 26.1 Å². The molecule has 1 aromatic heterocycles. The summed E-state index contributed by atoms with van der Waals surface area (Å²) < 4.78 is 66.0. The van der Waals surface area contributed by atoms with Crippen molar-refractivity contribution in [1.82, 2.24) is 13.6 Å². The fourth-order valence-corrected chi connectivity index (χ4v) is 4.30. The molecule has 1 aromatic rings. The Morgan fingerprint density at radius 1 is 1.31 bits per heavy atom. The number of alkyl halides is 3. The van der Waals surface area contributed by atoms with Crippen LogP contribution in [0.25, 0.3) is 0 Å². The second kappa shape index (κ2) is 6.83. The Kier molecular flexibility index (Phi) is 4.88. The van der Waals surface area contributed by atoms with Gasteiger partial charge in [-0.25, -0.2) is 4.31 Å². The van der Waals surface area contributed by atoms with Crippen LogP contribution >= 0.6 is 0 Å². The molecule has 2 aliphatic heterocycles. The highest BCUT2D eigenvalue weighted by Crippen LogP contribution is 2.34. The van der Waals surface area contributed by atoms with Crippen LogP contribution in [-0.4, -0.2) is 60.4 Å². The van der Waals surface area contributed by atoms with Gasteiger partial charge in [-0.1, -0.05) is 0 Å². The number of amides is 1. The minimum Gasteiger partial charge on any atom is -0.325 e. The zero-order chi connectivity index (χ0) is 18.9. The highest BCUT2D eigenvalue weighted by atomic mass is 32.2. The smallest absolute Gasteiger partial charge is 0.325 e. The van der Waals surface area contributed by atoms with E-state index in [1.54, 1.807) is 0 Å². The predicted octanol–water partition coefficient (Wildman–Crippen LogP) is 0.950. The molecule has 1 atom stereocenters.